The first-order valence-electron chi connectivity index (χ1n) is 4.72. The van der Waals surface area contributed by atoms with Gasteiger partial charge in [-0.15, -0.1) is 0 Å². The number of benzene rings is 1. The van der Waals surface area contributed by atoms with E-state index < -0.39 is 6.67 Å². The second kappa shape index (κ2) is 4.96. The van der Waals surface area contributed by atoms with Crippen molar-refractivity contribution in [2.45, 2.75) is 5.92 Å². The number of anilines is 1. The topological polar surface area (TPSA) is 29.3 Å². The largest absolute Gasteiger partial charge is 0.378 e. The second-order valence-electron chi connectivity index (χ2n) is 3.57. The predicted octanol–water partition coefficient (Wildman–Crippen LogP) is 1.76. The Morgan fingerprint density at radius 1 is 1.29 bits per heavy atom. The van der Waals surface area contributed by atoms with Crippen molar-refractivity contribution in [2.24, 2.45) is 5.73 Å². The first-order valence-corrected chi connectivity index (χ1v) is 4.72. The number of hydrogen-bond donors (Lipinski definition) is 1. The van der Waals surface area contributed by atoms with Crippen LogP contribution in [0.2, 0.25) is 0 Å². The van der Waals surface area contributed by atoms with Gasteiger partial charge in [-0.2, -0.15) is 0 Å². The minimum atomic E-state index is -0.391. The zero-order valence-electron chi connectivity index (χ0n) is 8.70. The third-order valence-corrected chi connectivity index (χ3v) is 2.35. The van der Waals surface area contributed by atoms with Crippen LogP contribution in [-0.4, -0.2) is 27.3 Å². The lowest BCUT2D eigenvalue weighted by atomic mass is 10.0. The van der Waals surface area contributed by atoms with E-state index in [4.69, 9.17) is 5.73 Å². The van der Waals surface area contributed by atoms with E-state index in [2.05, 4.69) is 0 Å². The summed E-state index contributed by atoms with van der Waals surface area (Å²) in [6.45, 7) is -0.0321. The van der Waals surface area contributed by atoms with Crippen molar-refractivity contribution in [1.29, 1.82) is 0 Å². The highest BCUT2D eigenvalue weighted by Gasteiger charge is 2.08. The highest BCUT2D eigenvalue weighted by molar-refractivity contribution is 5.46. The average molecular weight is 196 g/mol. The summed E-state index contributed by atoms with van der Waals surface area (Å²) in [6.07, 6.45) is 0. The Hall–Kier alpha value is -1.09. The van der Waals surface area contributed by atoms with Crippen LogP contribution in [0.3, 0.4) is 0 Å². The van der Waals surface area contributed by atoms with Crippen LogP contribution in [0.4, 0.5) is 10.1 Å². The van der Waals surface area contributed by atoms with E-state index in [0.29, 0.717) is 6.54 Å². The van der Waals surface area contributed by atoms with E-state index in [9.17, 15) is 4.39 Å². The molecular weight excluding hydrogens is 179 g/mol. The molecular formula is C11H17FN2. The lowest BCUT2D eigenvalue weighted by Gasteiger charge is -2.15. The maximum Gasteiger partial charge on any atom is 0.0975 e. The standard InChI is InChI=1S/C11H17FN2/c1-14(2)11-5-3-9(4-6-11)10(7-12)8-13/h3-6,10H,7-8,13H2,1-2H3. The second-order valence-corrected chi connectivity index (χ2v) is 3.57. The van der Waals surface area contributed by atoms with Gasteiger partial charge in [0, 0.05) is 32.2 Å². The minimum Gasteiger partial charge on any atom is -0.378 e. The van der Waals surface area contributed by atoms with Crippen molar-refractivity contribution in [1.82, 2.24) is 0 Å². The third kappa shape index (κ3) is 2.45. The smallest absolute Gasteiger partial charge is 0.0975 e. The highest BCUT2D eigenvalue weighted by atomic mass is 19.1. The summed E-state index contributed by atoms with van der Waals surface area (Å²) in [6, 6.07) is 7.83. The number of nitrogens with zero attached hydrogens (tertiary/aromatic N) is 1. The van der Waals surface area contributed by atoms with Crippen molar-refractivity contribution in [2.75, 3.05) is 32.2 Å². The van der Waals surface area contributed by atoms with E-state index in [0.717, 1.165) is 11.3 Å². The molecule has 0 spiro atoms. The Morgan fingerprint density at radius 3 is 2.21 bits per heavy atom. The fourth-order valence-electron chi connectivity index (χ4n) is 1.33. The summed E-state index contributed by atoms with van der Waals surface area (Å²) < 4.78 is 12.5. The van der Waals surface area contributed by atoms with Gasteiger partial charge in [0.2, 0.25) is 0 Å². The summed E-state index contributed by atoms with van der Waals surface area (Å²) in [5.74, 6) is -0.161. The molecule has 1 aromatic carbocycles. The molecule has 2 nitrogen and oxygen atoms in total. The van der Waals surface area contributed by atoms with Crippen molar-refractivity contribution in [3.05, 3.63) is 29.8 Å². The third-order valence-electron chi connectivity index (χ3n) is 2.35. The molecule has 0 aliphatic rings. The van der Waals surface area contributed by atoms with Crippen molar-refractivity contribution < 1.29 is 4.39 Å². The molecule has 0 amide bonds. The summed E-state index contributed by atoms with van der Waals surface area (Å²) in [4.78, 5) is 2.01. The SMILES string of the molecule is CN(C)c1ccc(C(CN)CF)cc1. The molecule has 0 saturated carbocycles. The molecule has 3 heteroatoms. The molecule has 1 unspecified atom stereocenters. The first kappa shape index (κ1) is 11.0. The Kier molecular flexibility index (Phi) is 3.89. The van der Waals surface area contributed by atoms with Gasteiger partial charge >= 0.3 is 0 Å². The van der Waals surface area contributed by atoms with Gasteiger partial charge < -0.3 is 10.6 Å². The summed E-state index contributed by atoms with van der Waals surface area (Å²) >= 11 is 0. The van der Waals surface area contributed by atoms with Crippen LogP contribution in [0.5, 0.6) is 0 Å². The van der Waals surface area contributed by atoms with E-state index in [1.165, 1.54) is 0 Å². The molecule has 0 fully saturated rings. The van der Waals surface area contributed by atoms with Crippen LogP contribution in [0.1, 0.15) is 11.5 Å². The van der Waals surface area contributed by atoms with Crippen LogP contribution >= 0.6 is 0 Å². The number of rotatable bonds is 4. The Balaban J connectivity index is 2.81. The molecule has 0 heterocycles. The Bertz CT molecular complexity index is 265. The van der Waals surface area contributed by atoms with Crippen LogP contribution in [-0.2, 0) is 0 Å². The van der Waals surface area contributed by atoms with Crippen LogP contribution < -0.4 is 10.6 Å². The summed E-state index contributed by atoms with van der Waals surface area (Å²) in [5.41, 5.74) is 7.55. The Morgan fingerprint density at radius 2 is 1.86 bits per heavy atom. The van der Waals surface area contributed by atoms with Gasteiger partial charge in [-0.05, 0) is 17.7 Å². The average Bonchev–Trinajstić information content (AvgIpc) is 2.20. The van der Waals surface area contributed by atoms with Gasteiger partial charge in [0.25, 0.3) is 0 Å². The van der Waals surface area contributed by atoms with Gasteiger partial charge in [-0.1, -0.05) is 12.1 Å². The van der Waals surface area contributed by atoms with Gasteiger partial charge in [0.05, 0.1) is 6.67 Å². The lowest BCUT2D eigenvalue weighted by Crippen LogP contribution is -2.14. The van der Waals surface area contributed by atoms with Crippen molar-refractivity contribution in [3.63, 3.8) is 0 Å². The number of hydrogen-bond acceptors (Lipinski definition) is 2. The summed E-state index contributed by atoms with van der Waals surface area (Å²) in [5, 5.41) is 0. The first-order chi connectivity index (χ1) is 6.69. The fraction of sp³-hybridized carbons (Fsp3) is 0.455. The van der Waals surface area contributed by atoms with Gasteiger partial charge in [0.15, 0.2) is 0 Å². The van der Waals surface area contributed by atoms with Gasteiger partial charge in [-0.3, -0.25) is 4.39 Å². The summed E-state index contributed by atoms with van der Waals surface area (Å²) in [7, 11) is 3.95. The number of halogens is 1. The van der Waals surface area contributed by atoms with Crippen molar-refractivity contribution in [3.8, 4) is 0 Å². The molecule has 1 atom stereocenters. The molecule has 0 aromatic heterocycles. The molecule has 78 valence electrons. The maximum absolute atomic E-state index is 12.5. The zero-order chi connectivity index (χ0) is 10.6. The quantitative estimate of drug-likeness (QED) is 0.795. The van der Waals surface area contributed by atoms with Crippen LogP contribution in [0, 0.1) is 0 Å². The van der Waals surface area contributed by atoms with E-state index >= 15 is 0 Å². The number of alkyl halides is 1. The lowest BCUT2D eigenvalue weighted by molar-refractivity contribution is 0.434. The number of nitrogens with two attached hydrogens (primary N) is 1. The monoisotopic (exact) mass is 196 g/mol. The van der Waals surface area contributed by atoms with E-state index in [1.54, 1.807) is 0 Å². The maximum atomic E-state index is 12.5. The molecule has 2 N–H and O–H groups in total. The van der Waals surface area contributed by atoms with E-state index in [1.807, 2.05) is 43.3 Å². The highest BCUT2D eigenvalue weighted by Crippen LogP contribution is 2.19. The molecule has 0 saturated heterocycles. The molecule has 14 heavy (non-hydrogen) atoms. The minimum absolute atomic E-state index is 0.161. The molecule has 1 rings (SSSR count). The molecule has 0 aliphatic heterocycles. The van der Waals surface area contributed by atoms with Crippen molar-refractivity contribution >= 4 is 5.69 Å². The molecule has 1 aromatic rings. The normalized spacial score (nSPS) is 12.6. The predicted molar refractivity (Wildman–Crippen MR) is 58.5 cm³/mol. The van der Waals surface area contributed by atoms with Crippen LogP contribution in [0.25, 0.3) is 0 Å². The van der Waals surface area contributed by atoms with Gasteiger partial charge in [0.1, 0.15) is 0 Å². The zero-order valence-corrected chi connectivity index (χ0v) is 8.70. The fourth-order valence-corrected chi connectivity index (χ4v) is 1.33. The van der Waals surface area contributed by atoms with E-state index in [-0.39, 0.29) is 5.92 Å². The molecule has 0 bridgehead atoms. The van der Waals surface area contributed by atoms with Gasteiger partial charge in [-0.25, -0.2) is 0 Å². The Labute approximate surface area is 84.5 Å². The molecule has 0 radical (unpaired) electrons. The molecule has 0 aliphatic carbocycles. The van der Waals surface area contributed by atoms with Crippen LogP contribution in [0.15, 0.2) is 24.3 Å².